The highest BCUT2D eigenvalue weighted by atomic mass is 35.5. The Morgan fingerprint density at radius 1 is 1.55 bits per heavy atom. The van der Waals surface area contributed by atoms with E-state index in [9.17, 15) is 9.59 Å². The number of nitrogens with two attached hydrogens (primary N) is 1. The molecule has 1 fully saturated rings. The number of carbonyl (C=O) groups excluding carboxylic acids is 2. The molecule has 1 atom stereocenters. The van der Waals surface area contributed by atoms with Crippen molar-refractivity contribution < 1.29 is 9.59 Å². The van der Waals surface area contributed by atoms with E-state index in [1.165, 1.54) is 0 Å². The summed E-state index contributed by atoms with van der Waals surface area (Å²) in [5.41, 5.74) is 6.92. The van der Waals surface area contributed by atoms with Crippen molar-refractivity contribution in [1.82, 2.24) is 0 Å². The quantitative estimate of drug-likeness (QED) is 0.893. The first-order chi connectivity index (χ1) is 9.52. The van der Waals surface area contributed by atoms with Gasteiger partial charge in [-0.05, 0) is 31.0 Å². The number of amides is 2. The van der Waals surface area contributed by atoms with Crippen LogP contribution in [-0.4, -0.2) is 24.4 Å². The molecule has 6 heteroatoms. The number of benzene rings is 1. The standard InChI is InChI=1S/C14H18ClN3O2/c1-2-11(16)14(20)17-9-5-6-12(10(15)8-9)18-7-3-4-13(18)19/h5-6,8,11H,2-4,7,16H2,1H3,(H,17,20)/t11-/m0/s1. The monoisotopic (exact) mass is 295 g/mol. The summed E-state index contributed by atoms with van der Waals surface area (Å²) in [6.07, 6.45) is 1.97. The molecule has 1 heterocycles. The number of nitrogens with one attached hydrogen (secondary N) is 1. The van der Waals surface area contributed by atoms with Gasteiger partial charge in [-0.2, -0.15) is 0 Å². The van der Waals surface area contributed by atoms with E-state index in [4.69, 9.17) is 17.3 Å². The zero-order valence-electron chi connectivity index (χ0n) is 11.4. The molecule has 20 heavy (non-hydrogen) atoms. The van der Waals surface area contributed by atoms with Crippen LogP contribution in [-0.2, 0) is 9.59 Å². The van der Waals surface area contributed by atoms with Gasteiger partial charge < -0.3 is 16.0 Å². The number of nitrogens with zero attached hydrogens (tertiary/aromatic N) is 1. The van der Waals surface area contributed by atoms with Crippen LogP contribution in [0.3, 0.4) is 0 Å². The van der Waals surface area contributed by atoms with Crippen LogP contribution in [0.25, 0.3) is 0 Å². The Balaban J connectivity index is 2.13. The van der Waals surface area contributed by atoms with E-state index in [1.807, 2.05) is 6.92 Å². The summed E-state index contributed by atoms with van der Waals surface area (Å²) in [4.78, 5) is 25.1. The van der Waals surface area contributed by atoms with Gasteiger partial charge in [-0.1, -0.05) is 18.5 Å². The second-order valence-electron chi connectivity index (χ2n) is 4.82. The highest BCUT2D eigenvalue weighted by Crippen LogP contribution is 2.31. The van der Waals surface area contributed by atoms with Gasteiger partial charge in [-0.3, -0.25) is 9.59 Å². The molecule has 1 aliphatic rings. The maximum absolute atomic E-state index is 11.7. The molecule has 0 saturated carbocycles. The van der Waals surface area contributed by atoms with Crippen LogP contribution in [0.15, 0.2) is 18.2 Å². The Kier molecular flexibility index (Phi) is 4.62. The van der Waals surface area contributed by atoms with Crippen molar-refractivity contribution >= 4 is 34.8 Å². The van der Waals surface area contributed by atoms with E-state index in [0.717, 1.165) is 6.42 Å². The van der Waals surface area contributed by atoms with Crippen molar-refractivity contribution in [3.8, 4) is 0 Å². The number of hydrogen-bond donors (Lipinski definition) is 2. The number of carbonyl (C=O) groups is 2. The molecule has 0 spiro atoms. The molecule has 2 rings (SSSR count). The van der Waals surface area contributed by atoms with Gasteiger partial charge >= 0.3 is 0 Å². The SMILES string of the molecule is CC[C@H](N)C(=O)Nc1ccc(N2CCCC2=O)c(Cl)c1. The van der Waals surface area contributed by atoms with Crippen LogP contribution in [0, 0.1) is 0 Å². The molecule has 0 aromatic heterocycles. The van der Waals surface area contributed by atoms with Crippen molar-refractivity contribution in [3.05, 3.63) is 23.2 Å². The van der Waals surface area contributed by atoms with Gasteiger partial charge in [0, 0.05) is 18.7 Å². The molecule has 1 aliphatic heterocycles. The average Bonchev–Trinajstić information content (AvgIpc) is 2.84. The predicted octanol–water partition coefficient (Wildman–Crippen LogP) is 2.14. The molecule has 108 valence electrons. The lowest BCUT2D eigenvalue weighted by Crippen LogP contribution is -2.34. The van der Waals surface area contributed by atoms with Crippen molar-refractivity contribution in [1.29, 1.82) is 0 Å². The molecule has 1 aromatic carbocycles. The summed E-state index contributed by atoms with van der Waals surface area (Å²) in [5, 5.41) is 3.16. The number of hydrogen-bond acceptors (Lipinski definition) is 3. The first kappa shape index (κ1) is 14.8. The zero-order valence-corrected chi connectivity index (χ0v) is 12.1. The maximum Gasteiger partial charge on any atom is 0.241 e. The molecule has 0 unspecified atom stereocenters. The molecule has 0 radical (unpaired) electrons. The van der Waals surface area contributed by atoms with Crippen LogP contribution in [0.5, 0.6) is 0 Å². The van der Waals surface area contributed by atoms with Crippen molar-refractivity contribution in [2.24, 2.45) is 5.73 Å². The molecule has 2 amide bonds. The topological polar surface area (TPSA) is 75.4 Å². The van der Waals surface area contributed by atoms with E-state index < -0.39 is 6.04 Å². The van der Waals surface area contributed by atoms with Crippen LogP contribution in [0.4, 0.5) is 11.4 Å². The highest BCUT2D eigenvalue weighted by molar-refractivity contribution is 6.34. The summed E-state index contributed by atoms with van der Waals surface area (Å²) in [6, 6.07) is 4.59. The number of halogens is 1. The third kappa shape index (κ3) is 3.11. The Hall–Kier alpha value is -1.59. The minimum absolute atomic E-state index is 0.0803. The summed E-state index contributed by atoms with van der Waals surface area (Å²) in [7, 11) is 0. The Morgan fingerprint density at radius 2 is 2.30 bits per heavy atom. The van der Waals surface area contributed by atoms with Gasteiger partial charge in [0.25, 0.3) is 0 Å². The smallest absolute Gasteiger partial charge is 0.241 e. The number of anilines is 2. The largest absolute Gasteiger partial charge is 0.325 e. The molecule has 3 N–H and O–H groups in total. The molecule has 0 aliphatic carbocycles. The second-order valence-corrected chi connectivity index (χ2v) is 5.23. The zero-order chi connectivity index (χ0) is 14.7. The molecule has 0 bridgehead atoms. The summed E-state index contributed by atoms with van der Waals surface area (Å²) < 4.78 is 0. The van der Waals surface area contributed by atoms with Crippen molar-refractivity contribution in [3.63, 3.8) is 0 Å². The Labute approximate surface area is 123 Å². The van der Waals surface area contributed by atoms with Gasteiger partial charge in [0.15, 0.2) is 0 Å². The summed E-state index contributed by atoms with van der Waals surface area (Å²) >= 11 is 6.20. The van der Waals surface area contributed by atoms with E-state index >= 15 is 0 Å². The second kappa shape index (κ2) is 6.24. The van der Waals surface area contributed by atoms with Crippen LogP contribution in [0.1, 0.15) is 26.2 Å². The van der Waals surface area contributed by atoms with E-state index in [0.29, 0.717) is 35.8 Å². The Morgan fingerprint density at radius 3 is 2.85 bits per heavy atom. The van der Waals surface area contributed by atoms with Crippen LogP contribution < -0.4 is 16.0 Å². The molecular formula is C14H18ClN3O2. The first-order valence-electron chi connectivity index (χ1n) is 6.69. The molecular weight excluding hydrogens is 278 g/mol. The number of rotatable bonds is 4. The predicted molar refractivity (Wildman–Crippen MR) is 79.9 cm³/mol. The van der Waals surface area contributed by atoms with Gasteiger partial charge in [0.05, 0.1) is 16.8 Å². The summed E-state index contributed by atoms with van der Waals surface area (Å²) in [6.45, 7) is 2.53. The first-order valence-corrected chi connectivity index (χ1v) is 7.07. The molecule has 1 saturated heterocycles. The van der Waals surface area contributed by atoms with Crippen LogP contribution in [0.2, 0.25) is 5.02 Å². The van der Waals surface area contributed by atoms with Gasteiger partial charge in [-0.25, -0.2) is 0 Å². The van der Waals surface area contributed by atoms with Crippen molar-refractivity contribution in [2.45, 2.75) is 32.2 Å². The Bertz CT molecular complexity index is 533. The van der Waals surface area contributed by atoms with Gasteiger partial charge in [0.2, 0.25) is 11.8 Å². The lowest BCUT2D eigenvalue weighted by atomic mass is 10.2. The lowest BCUT2D eigenvalue weighted by Gasteiger charge is -2.18. The third-order valence-corrected chi connectivity index (χ3v) is 3.66. The normalized spacial score (nSPS) is 16.4. The minimum Gasteiger partial charge on any atom is -0.325 e. The van der Waals surface area contributed by atoms with E-state index in [1.54, 1.807) is 23.1 Å². The maximum atomic E-state index is 11.7. The fourth-order valence-electron chi connectivity index (χ4n) is 2.13. The molecule has 5 nitrogen and oxygen atoms in total. The third-order valence-electron chi connectivity index (χ3n) is 3.36. The fourth-order valence-corrected chi connectivity index (χ4v) is 2.41. The van der Waals surface area contributed by atoms with Gasteiger partial charge in [0.1, 0.15) is 0 Å². The lowest BCUT2D eigenvalue weighted by molar-refractivity contribution is -0.118. The minimum atomic E-state index is -0.534. The fraction of sp³-hybridized carbons (Fsp3) is 0.429. The van der Waals surface area contributed by atoms with Gasteiger partial charge in [-0.15, -0.1) is 0 Å². The van der Waals surface area contributed by atoms with Crippen LogP contribution >= 0.6 is 11.6 Å². The van der Waals surface area contributed by atoms with Crippen molar-refractivity contribution in [2.75, 3.05) is 16.8 Å². The van der Waals surface area contributed by atoms with E-state index in [2.05, 4.69) is 5.32 Å². The van der Waals surface area contributed by atoms with E-state index in [-0.39, 0.29) is 11.8 Å². The molecule has 1 aromatic rings. The average molecular weight is 296 g/mol. The summed E-state index contributed by atoms with van der Waals surface area (Å²) in [5.74, 6) is -0.162. The highest BCUT2D eigenvalue weighted by Gasteiger charge is 2.23.